The summed E-state index contributed by atoms with van der Waals surface area (Å²) in [7, 11) is 0. The minimum absolute atomic E-state index is 0.0897. The van der Waals surface area contributed by atoms with Crippen molar-refractivity contribution in [1.29, 1.82) is 0 Å². The second-order valence-electron chi connectivity index (χ2n) is 5.89. The van der Waals surface area contributed by atoms with Gasteiger partial charge in [0, 0.05) is 29.1 Å². The lowest BCUT2D eigenvalue weighted by molar-refractivity contribution is 0.412. The molecule has 0 aliphatic heterocycles. The summed E-state index contributed by atoms with van der Waals surface area (Å²) in [4.78, 5) is 0. The maximum atomic E-state index is 6.01. The Labute approximate surface area is 124 Å². The summed E-state index contributed by atoms with van der Waals surface area (Å²) < 4.78 is 5.70. The predicted molar refractivity (Wildman–Crippen MR) is 80.9 cm³/mol. The SMILES string of the molecule is Cc1ccc(Cl)cc1-c1nnc(CCNC(C)(C)C)o1. The van der Waals surface area contributed by atoms with Crippen LogP contribution in [0.2, 0.25) is 5.02 Å². The minimum Gasteiger partial charge on any atom is -0.421 e. The van der Waals surface area contributed by atoms with Gasteiger partial charge in [-0.3, -0.25) is 0 Å². The molecule has 0 spiro atoms. The van der Waals surface area contributed by atoms with Crippen molar-refractivity contribution in [3.8, 4) is 11.5 Å². The lowest BCUT2D eigenvalue weighted by Crippen LogP contribution is -2.37. The van der Waals surface area contributed by atoms with Gasteiger partial charge >= 0.3 is 0 Å². The first kappa shape index (κ1) is 15.0. The highest BCUT2D eigenvalue weighted by Crippen LogP contribution is 2.25. The molecule has 0 fully saturated rings. The van der Waals surface area contributed by atoms with Gasteiger partial charge in [-0.2, -0.15) is 0 Å². The van der Waals surface area contributed by atoms with Gasteiger partial charge in [0.1, 0.15) is 0 Å². The third-order valence-electron chi connectivity index (χ3n) is 2.89. The number of nitrogens with one attached hydrogen (secondary N) is 1. The number of hydrogen-bond donors (Lipinski definition) is 1. The van der Waals surface area contributed by atoms with E-state index in [1.54, 1.807) is 0 Å². The predicted octanol–water partition coefficient (Wildman–Crippen LogP) is 3.63. The molecule has 0 atom stereocenters. The Morgan fingerprint density at radius 3 is 2.70 bits per heavy atom. The summed E-state index contributed by atoms with van der Waals surface area (Å²) in [6, 6.07) is 5.65. The molecule has 20 heavy (non-hydrogen) atoms. The molecule has 0 amide bonds. The zero-order valence-electron chi connectivity index (χ0n) is 12.3. The van der Waals surface area contributed by atoms with E-state index in [9.17, 15) is 0 Å². The van der Waals surface area contributed by atoms with Crippen LogP contribution in [-0.4, -0.2) is 22.3 Å². The molecular weight excluding hydrogens is 274 g/mol. The molecular formula is C15H20ClN3O. The Bertz CT molecular complexity index is 587. The molecule has 0 unspecified atom stereocenters. The van der Waals surface area contributed by atoms with Crippen molar-refractivity contribution in [1.82, 2.24) is 15.5 Å². The first-order valence-electron chi connectivity index (χ1n) is 6.69. The molecule has 0 saturated carbocycles. The van der Waals surface area contributed by atoms with Gasteiger partial charge < -0.3 is 9.73 Å². The van der Waals surface area contributed by atoms with Gasteiger partial charge in [-0.05, 0) is 45.4 Å². The highest BCUT2D eigenvalue weighted by Gasteiger charge is 2.13. The number of benzene rings is 1. The number of hydrogen-bond acceptors (Lipinski definition) is 4. The molecule has 108 valence electrons. The Morgan fingerprint density at radius 1 is 1.25 bits per heavy atom. The van der Waals surface area contributed by atoms with Crippen LogP contribution in [0.1, 0.15) is 32.2 Å². The maximum Gasteiger partial charge on any atom is 0.248 e. The zero-order chi connectivity index (χ0) is 14.8. The molecule has 1 aromatic carbocycles. The number of halogens is 1. The van der Waals surface area contributed by atoms with Crippen molar-refractivity contribution in [2.45, 2.75) is 39.7 Å². The molecule has 0 bridgehead atoms. The second-order valence-corrected chi connectivity index (χ2v) is 6.32. The van der Waals surface area contributed by atoms with E-state index in [0.29, 0.717) is 23.2 Å². The largest absolute Gasteiger partial charge is 0.421 e. The standard InChI is InChI=1S/C15H20ClN3O/c1-10-5-6-11(16)9-12(10)14-19-18-13(20-14)7-8-17-15(2,3)4/h5-6,9,17H,7-8H2,1-4H3. The molecule has 0 saturated heterocycles. The van der Waals surface area contributed by atoms with Crippen molar-refractivity contribution in [2.75, 3.05) is 6.54 Å². The van der Waals surface area contributed by atoms with Gasteiger partial charge in [-0.1, -0.05) is 17.7 Å². The van der Waals surface area contributed by atoms with Crippen molar-refractivity contribution in [3.63, 3.8) is 0 Å². The average molecular weight is 294 g/mol. The Hall–Kier alpha value is -1.39. The molecule has 4 nitrogen and oxygen atoms in total. The lowest BCUT2D eigenvalue weighted by Gasteiger charge is -2.19. The first-order chi connectivity index (χ1) is 9.35. The van der Waals surface area contributed by atoms with Crippen LogP contribution in [0.4, 0.5) is 0 Å². The van der Waals surface area contributed by atoms with Crippen LogP contribution in [-0.2, 0) is 6.42 Å². The van der Waals surface area contributed by atoms with Crippen LogP contribution < -0.4 is 5.32 Å². The minimum atomic E-state index is 0.0897. The third-order valence-corrected chi connectivity index (χ3v) is 3.13. The van der Waals surface area contributed by atoms with E-state index in [1.807, 2.05) is 25.1 Å². The summed E-state index contributed by atoms with van der Waals surface area (Å²) in [6.07, 6.45) is 0.712. The monoisotopic (exact) mass is 293 g/mol. The summed E-state index contributed by atoms with van der Waals surface area (Å²) >= 11 is 6.01. The molecule has 0 radical (unpaired) electrons. The molecule has 2 aromatic rings. The van der Waals surface area contributed by atoms with Crippen molar-refractivity contribution >= 4 is 11.6 Å². The van der Waals surface area contributed by atoms with Crippen LogP contribution in [0, 0.1) is 6.92 Å². The smallest absolute Gasteiger partial charge is 0.248 e. The second kappa shape index (κ2) is 5.94. The zero-order valence-corrected chi connectivity index (χ0v) is 13.1. The first-order valence-corrected chi connectivity index (χ1v) is 7.07. The van der Waals surface area contributed by atoms with E-state index < -0.39 is 0 Å². The van der Waals surface area contributed by atoms with E-state index in [1.165, 1.54) is 0 Å². The lowest BCUT2D eigenvalue weighted by atomic mass is 10.1. The van der Waals surface area contributed by atoms with Crippen LogP contribution in [0.5, 0.6) is 0 Å². The van der Waals surface area contributed by atoms with E-state index in [4.69, 9.17) is 16.0 Å². The quantitative estimate of drug-likeness (QED) is 0.935. The van der Waals surface area contributed by atoms with Crippen LogP contribution in [0.25, 0.3) is 11.5 Å². The van der Waals surface area contributed by atoms with Gasteiger partial charge in [0.25, 0.3) is 0 Å². The summed E-state index contributed by atoms with van der Waals surface area (Å²) in [6.45, 7) is 9.18. The van der Waals surface area contributed by atoms with Gasteiger partial charge in [-0.25, -0.2) is 0 Å². The molecule has 5 heteroatoms. The van der Waals surface area contributed by atoms with E-state index in [-0.39, 0.29) is 5.54 Å². The van der Waals surface area contributed by atoms with Crippen LogP contribution in [0.3, 0.4) is 0 Å². The Balaban J connectivity index is 2.07. The Morgan fingerprint density at radius 2 is 2.00 bits per heavy atom. The summed E-state index contributed by atoms with van der Waals surface area (Å²) in [5, 5.41) is 12.2. The molecule has 2 rings (SSSR count). The highest BCUT2D eigenvalue weighted by molar-refractivity contribution is 6.30. The van der Waals surface area contributed by atoms with Crippen molar-refractivity contribution < 1.29 is 4.42 Å². The van der Waals surface area contributed by atoms with Gasteiger partial charge in [0.2, 0.25) is 11.8 Å². The molecule has 1 aromatic heterocycles. The molecule has 1 N–H and O–H groups in total. The highest BCUT2D eigenvalue weighted by atomic mass is 35.5. The van der Waals surface area contributed by atoms with Gasteiger partial charge in [-0.15, -0.1) is 10.2 Å². The fourth-order valence-electron chi connectivity index (χ4n) is 1.83. The third kappa shape index (κ3) is 4.05. The topological polar surface area (TPSA) is 51.0 Å². The number of aromatic nitrogens is 2. The van der Waals surface area contributed by atoms with Crippen molar-refractivity contribution in [2.24, 2.45) is 0 Å². The maximum absolute atomic E-state index is 6.01. The van der Waals surface area contributed by atoms with Gasteiger partial charge in [0.05, 0.1) is 0 Å². The summed E-state index contributed by atoms with van der Waals surface area (Å²) in [5.41, 5.74) is 2.05. The van der Waals surface area contributed by atoms with Crippen LogP contribution in [0.15, 0.2) is 22.6 Å². The van der Waals surface area contributed by atoms with E-state index >= 15 is 0 Å². The molecule has 1 heterocycles. The van der Waals surface area contributed by atoms with Gasteiger partial charge in [0.15, 0.2) is 0 Å². The molecule has 0 aliphatic carbocycles. The van der Waals surface area contributed by atoms with E-state index in [2.05, 4.69) is 36.3 Å². The molecule has 0 aliphatic rings. The van der Waals surface area contributed by atoms with E-state index in [0.717, 1.165) is 17.7 Å². The Kier molecular flexibility index (Phi) is 4.45. The normalized spacial score (nSPS) is 11.8. The number of nitrogens with zero attached hydrogens (tertiary/aromatic N) is 2. The number of rotatable bonds is 4. The van der Waals surface area contributed by atoms with Crippen molar-refractivity contribution in [3.05, 3.63) is 34.7 Å². The average Bonchev–Trinajstić information content (AvgIpc) is 2.79. The fraction of sp³-hybridized carbons (Fsp3) is 0.467. The number of aryl methyl sites for hydroxylation is 1. The summed E-state index contributed by atoms with van der Waals surface area (Å²) in [5.74, 6) is 1.16. The van der Waals surface area contributed by atoms with Crippen LogP contribution >= 0.6 is 11.6 Å². The fourth-order valence-corrected chi connectivity index (χ4v) is 2.00.